The maximum atomic E-state index is 11.7. The number of ether oxygens (including phenoxy) is 1. The van der Waals surface area contributed by atoms with Gasteiger partial charge in [-0.2, -0.15) is 0 Å². The minimum atomic E-state index is -0.461. The van der Waals surface area contributed by atoms with E-state index in [-0.39, 0.29) is 6.17 Å². The molecular formula is C18H32N4O2. The lowest BCUT2D eigenvalue weighted by Crippen LogP contribution is -2.45. The number of nitrogens with zero attached hydrogens (tertiary/aromatic N) is 2. The van der Waals surface area contributed by atoms with Crippen LogP contribution in [0.15, 0.2) is 12.3 Å². The van der Waals surface area contributed by atoms with Crippen LogP contribution in [-0.4, -0.2) is 48.3 Å². The molecule has 6 heteroatoms. The van der Waals surface area contributed by atoms with Gasteiger partial charge in [0.15, 0.2) is 0 Å². The predicted molar refractivity (Wildman–Crippen MR) is 97.0 cm³/mol. The molecule has 1 unspecified atom stereocenters. The molecule has 1 aromatic heterocycles. The van der Waals surface area contributed by atoms with E-state index in [1.54, 1.807) is 6.20 Å². The number of carbonyl (C=O) groups is 1. The number of methoxy groups -OCH3 is 1. The van der Waals surface area contributed by atoms with Crippen molar-refractivity contribution in [3.05, 3.63) is 29.1 Å². The largest absolute Gasteiger partial charge is 0.453 e. The Balaban J connectivity index is 2.81. The molecule has 24 heavy (non-hydrogen) atoms. The number of alkyl carbamates (subject to hydrolysis) is 1. The van der Waals surface area contributed by atoms with Crippen molar-refractivity contribution in [1.82, 2.24) is 20.5 Å². The molecule has 1 rings (SSSR count). The van der Waals surface area contributed by atoms with Gasteiger partial charge in [0, 0.05) is 42.6 Å². The molecule has 6 nitrogen and oxygen atoms in total. The molecule has 0 fully saturated rings. The zero-order valence-electron chi connectivity index (χ0n) is 16.0. The second-order valence-electron chi connectivity index (χ2n) is 6.63. The highest BCUT2D eigenvalue weighted by Gasteiger charge is 2.18. The lowest BCUT2D eigenvalue weighted by molar-refractivity contribution is 0.158. The third-order valence-corrected chi connectivity index (χ3v) is 4.09. The van der Waals surface area contributed by atoms with E-state index < -0.39 is 6.09 Å². The molecule has 1 aromatic rings. The average molecular weight is 336 g/mol. The molecule has 0 aliphatic carbocycles. The van der Waals surface area contributed by atoms with E-state index in [9.17, 15) is 4.79 Å². The zero-order chi connectivity index (χ0) is 18.3. The van der Waals surface area contributed by atoms with Crippen LogP contribution in [0.5, 0.6) is 0 Å². The summed E-state index contributed by atoms with van der Waals surface area (Å²) in [7, 11) is 1.37. The lowest BCUT2D eigenvalue weighted by atomic mass is 10.1. The standard InChI is InChI=1S/C18H32N4O2/c1-12(2)22(13(3)4)9-8-19-17(21-18(23)24-7)16-11-20-15(6)10-14(16)5/h10-13,17,19H,8-9H2,1-7H3,(H,21,23). The average Bonchev–Trinajstić information content (AvgIpc) is 2.49. The Hall–Kier alpha value is -1.66. The molecule has 0 saturated heterocycles. The van der Waals surface area contributed by atoms with Gasteiger partial charge in [0.1, 0.15) is 6.17 Å². The van der Waals surface area contributed by atoms with Crippen molar-refractivity contribution >= 4 is 6.09 Å². The molecular weight excluding hydrogens is 304 g/mol. The summed E-state index contributed by atoms with van der Waals surface area (Å²) in [5.74, 6) is 0. The number of pyridine rings is 1. The first-order valence-corrected chi connectivity index (χ1v) is 8.53. The van der Waals surface area contributed by atoms with Crippen LogP contribution in [0.2, 0.25) is 0 Å². The summed E-state index contributed by atoms with van der Waals surface area (Å²) in [5, 5.41) is 6.25. The second-order valence-corrected chi connectivity index (χ2v) is 6.63. The molecule has 2 N–H and O–H groups in total. The first-order valence-electron chi connectivity index (χ1n) is 8.53. The van der Waals surface area contributed by atoms with Gasteiger partial charge in [-0.15, -0.1) is 0 Å². The fourth-order valence-electron chi connectivity index (χ4n) is 2.88. The third kappa shape index (κ3) is 6.09. The monoisotopic (exact) mass is 336 g/mol. The van der Waals surface area contributed by atoms with Crippen LogP contribution in [-0.2, 0) is 4.74 Å². The Labute approximate surface area is 146 Å². The molecule has 0 bridgehead atoms. The third-order valence-electron chi connectivity index (χ3n) is 4.09. The maximum Gasteiger partial charge on any atom is 0.408 e. The highest BCUT2D eigenvalue weighted by Crippen LogP contribution is 2.16. The number of hydrogen-bond donors (Lipinski definition) is 2. The first kappa shape index (κ1) is 20.4. The van der Waals surface area contributed by atoms with Gasteiger partial charge >= 0.3 is 6.09 Å². The summed E-state index contributed by atoms with van der Waals surface area (Å²) >= 11 is 0. The Morgan fingerprint density at radius 2 is 1.88 bits per heavy atom. The van der Waals surface area contributed by atoms with E-state index in [4.69, 9.17) is 4.74 Å². The van der Waals surface area contributed by atoms with Crippen molar-refractivity contribution < 1.29 is 9.53 Å². The van der Waals surface area contributed by atoms with Crippen LogP contribution in [0.4, 0.5) is 4.79 Å². The molecule has 136 valence electrons. The highest BCUT2D eigenvalue weighted by molar-refractivity contribution is 5.67. The van der Waals surface area contributed by atoms with E-state index in [0.29, 0.717) is 12.1 Å². The van der Waals surface area contributed by atoms with Crippen molar-refractivity contribution in [3.8, 4) is 0 Å². The van der Waals surface area contributed by atoms with Gasteiger partial charge in [0.2, 0.25) is 0 Å². The van der Waals surface area contributed by atoms with Crippen molar-refractivity contribution in [2.75, 3.05) is 20.2 Å². The van der Waals surface area contributed by atoms with Crippen LogP contribution in [0.3, 0.4) is 0 Å². The molecule has 1 heterocycles. The summed E-state index contributed by atoms with van der Waals surface area (Å²) < 4.78 is 4.75. The summed E-state index contributed by atoms with van der Waals surface area (Å²) in [4.78, 5) is 18.4. The van der Waals surface area contributed by atoms with Crippen molar-refractivity contribution in [2.45, 2.75) is 59.8 Å². The summed E-state index contributed by atoms with van der Waals surface area (Å²) in [6.07, 6.45) is 1.02. The molecule has 0 aliphatic heterocycles. The Kier molecular flexibility index (Phi) is 8.15. The highest BCUT2D eigenvalue weighted by atomic mass is 16.5. The Morgan fingerprint density at radius 1 is 1.25 bits per heavy atom. The summed E-state index contributed by atoms with van der Waals surface area (Å²) in [6, 6.07) is 2.96. The molecule has 1 atom stereocenters. The van der Waals surface area contributed by atoms with Crippen LogP contribution in [0, 0.1) is 13.8 Å². The topological polar surface area (TPSA) is 66.5 Å². The van der Waals surface area contributed by atoms with Gasteiger partial charge in [-0.25, -0.2) is 4.79 Å². The molecule has 0 radical (unpaired) electrons. The minimum absolute atomic E-state index is 0.327. The van der Waals surface area contributed by atoms with E-state index >= 15 is 0 Å². The van der Waals surface area contributed by atoms with Gasteiger partial charge in [0.25, 0.3) is 0 Å². The van der Waals surface area contributed by atoms with Gasteiger partial charge < -0.3 is 10.1 Å². The fraction of sp³-hybridized carbons (Fsp3) is 0.667. The zero-order valence-corrected chi connectivity index (χ0v) is 16.0. The Bertz CT molecular complexity index is 524. The Morgan fingerprint density at radius 3 is 2.38 bits per heavy atom. The molecule has 0 aromatic carbocycles. The van der Waals surface area contributed by atoms with Crippen LogP contribution >= 0.6 is 0 Å². The molecule has 1 amide bonds. The SMILES string of the molecule is COC(=O)NC(NCCN(C(C)C)C(C)C)c1cnc(C)cc1C. The first-order chi connectivity index (χ1) is 11.3. The molecule has 0 saturated carbocycles. The van der Waals surface area contributed by atoms with Gasteiger partial charge in [0.05, 0.1) is 7.11 Å². The number of hydrogen-bond acceptors (Lipinski definition) is 5. The van der Waals surface area contributed by atoms with E-state index in [1.807, 2.05) is 19.9 Å². The maximum absolute atomic E-state index is 11.7. The summed E-state index contributed by atoms with van der Waals surface area (Å²) in [5.41, 5.74) is 2.99. The minimum Gasteiger partial charge on any atom is -0.453 e. The quantitative estimate of drug-likeness (QED) is 0.715. The number of nitrogens with one attached hydrogen (secondary N) is 2. The predicted octanol–water partition coefficient (Wildman–Crippen LogP) is 2.76. The van der Waals surface area contributed by atoms with Gasteiger partial charge in [-0.1, -0.05) is 0 Å². The molecule has 0 aliphatic rings. The smallest absolute Gasteiger partial charge is 0.408 e. The fourth-order valence-corrected chi connectivity index (χ4v) is 2.88. The van der Waals surface area contributed by atoms with Gasteiger partial charge in [-0.05, 0) is 53.2 Å². The van der Waals surface area contributed by atoms with Crippen molar-refractivity contribution in [3.63, 3.8) is 0 Å². The van der Waals surface area contributed by atoms with Crippen LogP contribution in [0.1, 0.15) is 50.7 Å². The number of aromatic nitrogens is 1. The van der Waals surface area contributed by atoms with Crippen molar-refractivity contribution in [1.29, 1.82) is 0 Å². The number of aryl methyl sites for hydroxylation is 2. The number of carbonyl (C=O) groups excluding carboxylic acids is 1. The van der Waals surface area contributed by atoms with Gasteiger partial charge in [-0.3, -0.25) is 15.2 Å². The van der Waals surface area contributed by atoms with Crippen molar-refractivity contribution in [2.24, 2.45) is 0 Å². The number of rotatable bonds is 8. The summed E-state index contributed by atoms with van der Waals surface area (Å²) in [6.45, 7) is 14.4. The van der Waals surface area contributed by atoms with E-state index in [2.05, 4.69) is 48.2 Å². The van der Waals surface area contributed by atoms with Crippen LogP contribution in [0.25, 0.3) is 0 Å². The molecule has 0 spiro atoms. The lowest BCUT2D eigenvalue weighted by Gasteiger charge is -2.31. The van der Waals surface area contributed by atoms with E-state index in [0.717, 1.165) is 29.9 Å². The second kappa shape index (κ2) is 9.59. The van der Waals surface area contributed by atoms with E-state index in [1.165, 1.54) is 7.11 Å². The number of amides is 1. The van der Waals surface area contributed by atoms with Crippen LogP contribution < -0.4 is 10.6 Å². The normalized spacial score (nSPS) is 12.8.